The first-order chi connectivity index (χ1) is 14.0. The van der Waals surface area contributed by atoms with Crippen LogP contribution in [0.5, 0.6) is 11.5 Å². The molecule has 1 N–H and O–H groups in total. The molecule has 0 unspecified atom stereocenters. The molecule has 4 rings (SSSR count). The molecule has 1 saturated heterocycles. The van der Waals surface area contributed by atoms with Gasteiger partial charge >= 0.3 is 0 Å². The van der Waals surface area contributed by atoms with Crippen LogP contribution in [0.3, 0.4) is 0 Å². The molecule has 1 fully saturated rings. The number of amides is 2. The van der Waals surface area contributed by atoms with Crippen molar-refractivity contribution in [1.82, 2.24) is 10.2 Å². The second kappa shape index (κ2) is 8.44. The summed E-state index contributed by atoms with van der Waals surface area (Å²) in [6.07, 6.45) is 1.77. The van der Waals surface area contributed by atoms with Crippen molar-refractivity contribution < 1.29 is 19.1 Å². The van der Waals surface area contributed by atoms with Crippen molar-refractivity contribution in [2.45, 2.75) is 0 Å². The van der Waals surface area contributed by atoms with E-state index < -0.39 is 0 Å². The van der Waals surface area contributed by atoms with Gasteiger partial charge in [-0.25, -0.2) is 0 Å². The molecule has 2 heterocycles. The number of ether oxygens (including phenoxy) is 2. The predicted molar refractivity (Wildman–Crippen MR) is 116 cm³/mol. The molecule has 29 heavy (non-hydrogen) atoms. The zero-order valence-electron chi connectivity index (χ0n) is 15.0. The number of halogens is 1. The molecule has 0 atom stereocenters. The molecule has 2 aromatic rings. The Morgan fingerprint density at radius 2 is 2.03 bits per heavy atom. The fourth-order valence-electron chi connectivity index (χ4n) is 2.87. The van der Waals surface area contributed by atoms with Crippen LogP contribution in [-0.4, -0.2) is 40.9 Å². The average molecular weight is 447 g/mol. The quantitative estimate of drug-likeness (QED) is 0.558. The third kappa shape index (κ3) is 4.24. The number of thioether (sulfide) groups is 1. The predicted octanol–water partition coefficient (Wildman–Crippen LogP) is 3.70. The van der Waals surface area contributed by atoms with Gasteiger partial charge in [-0.3, -0.25) is 14.5 Å². The van der Waals surface area contributed by atoms with Crippen LogP contribution in [0.15, 0.2) is 47.4 Å². The Bertz CT molecular complexity index is 1040. The first-order valence-electron chi connectivity index (χ1n) is 8.70. The highest BCUT2D eigenvalue weighted by atomic mass is 35.5. The molecular weight excluding hydrogens is 432 g/mol. The van der Waals surface area contributed by atoms with E-state index in [1.54, 1.807) is 36.4 Å². The van der Waals surface area contributed by atoms with Gasteiger partial charge in [-0.15, -0.1) is 0 Å². The van der Waals surface area contributed by atoms with Crippen molar-refractivity contribution in [3.8, 4) is 11.5 Å². The van der Waals surface area contributed by atoms with E-state index in [9.17, 15) is 9.59 Å². The minimum Gasteiger partial charge on any atom is -0.454 e. The number of carbonyl (C=O) groups excluding carboxylic acids is 2. The van der Waals surface area contributed by atoms with Crippen molar-refractivity contribution in [2.24, 2.45) is 0 Å². The molecular formula is C20H15ClN2O4S2. The summed E-state index contributed by atoms with van der Waals surface area (Å²) in [5.74, 6) is 0.849. The lowest BCUT2D eigenvalue weighted by molar-refractivity contribution is -0.122. The minimum absolute atomic E-state index is 0.190. The molecule has 6 nitrogen and oxygen atoms in total. The van der Waals surface area contributed by atoms with Gasteiger partial charge in [0, 0.05) is 13.1 Å². The number of hydrogen-bond donors (Lipinski definition) is 1. The Balaban J connectivity index is 1.38. The first kappa shape index (κ1) is 19.8. The van der Waals surface area contributed by atoms with Crippen LogP contribution in [0.2, 0.25) is 5.02 Å². The number of thiocarbonyl (C=S) groups is 1. The van der Waals surface area contributed by atoms with Gasteiger partial charge in [0.05, 0.1) is 15.5 Å². The molecule has 2 aliphatic heterocycles. The summed E-state index contributed by atoms with van der Waals surface area (Å²) in [4.78, 5) is 26.9. The standard InChI is InChI=1S/C20H15ClN2O4S2/c21-14-4-2-1-3-13(14)18(24)22-7-8-23-19(25)17(29-20(23)28)10-12-5-6-15-16(9-12)27-11-26-15/h1-6,9-10H,7-8,11H2,(H,22,24)/b17-10-. The summed E-state index contributed by atoms with van der Waals surface area (Å²) in [5, 5.41) is 3.14. The summed E-state index contributed by atoms with van der Waals surface area (Å²) in [6.45, 7) is 0.730. The summed E-state index contributed by atoms with van der Waals surface area (Å²) in [7, 11) is 0. The van der Waals surface area contributed by atoms with Gasteiger partial charge < -0.3 is 14.8 Å². The lowest BCUT2D eigenvalue weighted by atomic mass is 10.2. The van der Waals surface area contributed by atoms with Gasteiger partial charge in [0.15, 0.2) is 11.5 Å². The zero-order valence-corrected chi connectivity index (χ0v) is 17.4. The lowest BCUT2D eigenvalue weighted by Crippen LogP contribution is -2.37. The molecule has 0 saturated carbocycles. The molecule has 2 aliphatic rings. The Labute approximate surface area is 181 Å². The second-order valence-electron chi connectivity index (χ2n) is 6.18. The number of rotatable bonds is 5. The van der Waals surface area contributed by atoms with Gasteiger partial charge in [-0.2, -0.15) is 0 Å². The Kier molecular flexibility index (Phi) is 5.75. The van der Waals surface area contributed by atoms with Gasteiger partial charge in [0.2, 0.25) is 6.79 Å². The number of nitrogens with one attached hydrogen (secondary N) is 1. The zero-order chi connectivity index (χ0) is 20.4. The van der Waals surface area contributed by atoms with E-state index in [1.165, 1.54) is 16.7 Å². The normalized spacial score (nSPS) is 16.6. The summed E-state index contributed by atoms with van der Waals surface area (Å²) < 4.78 is 11.1. The fourth-order valence-corrected chi connectivity index (χ4v) is 4.40. The van der Waals surface area contributed by atoms with Crippen LogP contribution in [0.4, 0.5) is 0 Å². The largest absolute Gasteiger partial charge is 0.454 e. The highest BCUT2D eigenvalue weighted by molar-refractivity contribution is 8.26. The molecule has 2 amide bonds. The average Bonchev–Trinajstić information content (AvgIpc) is 3.27. The molecule has 0 aliphatic carbocycles. The van der Waals surface area contributed by atoms with Crippen LogP contribution in [0.25, 0.3) is 6.08 Å². The maximum atomic E-state index is 12.7. The maximum Gasteiger partial charge on any atom is 0.266 e. The van der Waals surface area contributed by atoms with Gasteiger partial charge in [0.1, 0.15) is 4.32 Å². The van der Waals surface area contributed by atoms with Gasteiger partial charge in [0.25, 0.3) is 11.8 Å². The third-order valence-corrected chi connectivity index (χ3v) is 6.01. The number of nitrogens with zero attached hydrogens (tertiary/aromatic N) is 1. The first-order valence-corrected chi connectivity index (χ1v) is 10.3. The van der Waals surface area contributed by atoms with Gasteiger partial charge in [-0.05, 0) is 35.9 Å². The monoisotopic (exact) mass is 446 g/mol. The van der Waals surface area contributed by atoms with Crippen LogP contribution in [-0.2, 0) is 4.79 Å². The molecule has 0 radical (unpaired) electrons. The van der Waals surface area contributed by atoms with Crippen LogP contribution < -0.4 is 14.8 Å². The molecule has 2 aromatic carbocycles. The Hall–Kier alpha value is -2.55. The maximum absolute atomic E-state index is 12.7. The lowest BCUT2D eigenvalue weighted by Gasteiger charge is -2.15. The second-order valence-corrected chi connectivity index (χ2v) is 8.26. The highest BCUT2D eigenvalue weighted by Crippen LogP contribution is 2.36. The van der Waals surface area contributed by atoms with Crippen molar-refractivity contribution >= 4 is 57.8 Å². The third-order valence-electron chi connectivity index (χ3n) is 4.31. The van der Waals surface area contributed by atoms with E-state index in [0.29, 0.717) is 31.3 Å². The fraction of sp³-hybridized carbons (Fsp3) is 0.150. The van der Waals surface area contributed by atoms with Crippen molar-refractivity contribution in [3.05, 3.63) is 63.5 Å². The summed E-state index contributed by atoms with van der Waals surface area (Å²) >= 11 is 12.6. The number of benzene rings is 2. The van der Waals surface area contributed by atoms with Gasteiger partial charge in [-0.1, -0.05) is 53.8 Å². The number of carbonyl (C=O) groups is 2. The Morgan fingerprint density at radius 1 is 1.24 bits per heavy atom. The van der Waals surface area contributed by atoms with Crippen LogP contribution in [0.1, 0.15) is 15.9 Å². The number of fused-ring (bicyclic) bond motifs is 1. The van der Waals surface area contributed by atoms with Crippen molar-refractivity contribution in [3.63, 3.8) is 0 Å². The van der Waals surface area contributed by atoms with Crippen molar-refractivity contribution in [1.29, 1.82) is 0 Å². The minimum atomic E-state index is -0.294. The van der Waals surface area contributed by atoms with Crippen LogP contribution in [0, 0.1) is 0 Å². The SMILES string of the molecule is O=C(NCCN1C(=O)/C(=C/c2ccc3c(c2)OCO3)SC1=S)c1ccccc1Cl. The summed E-state index contributed by atoms with van der Waals surface area (Å²) in [6, 6.07) is 12.3. The van der Waals surface area contributed by atoms with Crippen LogP contribution >= 0.6 is 35.6 Å². The molecule has 148 valence electrons. The van der Waals surface area contributed by atoms with E-state index in [2.05, 4.69) is 5.32 Å². The number of hydrogen-bond acceptors (Lipinski definition) is 6. The van der Waals surface area contributed by atoms with E-state index in [0.717, 1.165) is 5.56 Å². The smallest absolute Gasteiger partial charge is 0.266 e. The highest BCUT2D eigenvalue weighted by Gasteiger charge is 2.31. The Morgan fingerprint density at radius 3 is 2.86 bits per heavy atom. The molecule has 9 heteroatoms. The molecule has 0 spiro atoms. The molecule has 0 aromatic heterocycles. The van der Waals surface area contributed by atoms with E-state index in [4.69, 9.17) is 33.3 Å². The van der Waals surface area contributed by atoms with E-state index in [-0.39, 0.29) is 31.7 Å². The topological polar surface area (TPSA) is 67.9 Å². The summed E-state index contributed by atoms with van der Waals surface area (Å²) in [5.41, 5.74) is 1.21. The molecule has 0 bridgehead atoms. The van der Waals surface area contributed by atoms with E-state index >= 15 is 0 Å². The van der Waals surface area contributed by atoms with Crippen molar-refractivity contribution in [2.75, 3.05) is 19.9 Å². The van der Waals surface area contributed by atoms with E-state index in [1.807, 2.05) is 12.1 Å².